The van der Waals surface area contributed by atoms with E-state index in [4.69, 9.17) is 11.6 Å². The number of anilines is 1. The molecule has 0 saturated heterocycles. The summed E-state index contributed by atoms with van der Waals surface area (Å²) in [7, 11) is -4.72. The molecule has 2 amide bonds. The topological polar surface area (TPSA) is 86.8 Å². The number of halogens is 5. The number of nitrogens with one attached hydrogen (secondary N) is 1. The third kappa shape index (κ3) is 9.13. The van der Waals surface area contributed by atoms with Gasteiger partial charge >= 0.3 is 6.18 Å². The molecule has 0 heterocycles. The number of sulfonamides is 1. The molecule has 1 unspecified atom stereocenters. The van der Waals surface area contributed by atoms with Crippen molar-refractivity contribution in [2.45, 2.75) is 43.9 Å². The number of alkyl halides is 3. The molecular weight excluding hydrogens is 670 g/mol. The Balaban J connectivity index is 1.87. The van der Waals surface area contributed by atoms with E-state index >= 15 is 4.39 Å². The summed E-state index contributed by atoms with van der Waals surface area (Å²) in [5.41, 5.74) is -1.10. The molecule has 1 N–H and O–H groups in total. The number of benzene rings is 4. The Bertz CT molecular complexity index is 1820. The summed E-state index contributed by atoms with van der Waals surface area (Å²) < 4.78 is 85.1. The predicted molar refractivity (Wildman–Crippen MR) is 176 cm³/mol. The van der Waals surface area contributed by atoms with Crippen LogP contribution in [0.5, 0.6) is 0 Å². The van der Waals surface area contributed by atoms with Crippen LogP contribution in [0.2, 0.25) is 5.02 Å². The van der Waals surface area contributed by atoms with Crippen LogP contribution in [0.3, 0.4) is 0 Å². The van der Waals surface area contributed by atoms with Crippen LogP contribution in [0.1, 0.15) is 30.5 Å². The maximum atomic E-state index is 15.0. The van der Waals surface area contributed by atoms with Gasteiger partial charge in [0.05, 0.1) is 21.2 Å². The Hall–Kier alpha value is -4.42. The van der Waals surface area contributed by atoms with E-state index in [9.17, 15) is 31.2 Å². The van der Waals surface area contributed by atoms with E-state index in [1.807, 2.05) is 13.8 Å². The molecule has 0 fully saturated rings. The van der Waals surface area contributed by atoms with Crippen molar-refractivity contribution in [3.63, 3.8) is 0 Å². The number of hydrogen-bond acceptors (Lipinski definition) is 4. The van der Waals surface area contributed by atoms with Crippen LogP contribution in [0, 0.1) is 11.7 Å². The molecule has 0 saturated carbocycles. The molecule has 48 heavy (non-hydrogen) atoms. The lowest BCUT2D eigenvalue weighted by Gasteiger charge is -2.34. The summed E-state index contributed by atoms with van der Waals surface area (Å²) in [5, 5.41) is 2.44. The van der Waals surface area contributed by atoms with Gasteiger partial charge in [-0.15, -0.1) is 0 Å². The molecule has 4 aromatic carbocycles. The van der Waals surface area contributed by atoms with Crippen molar-refractivity contribution in [1.82, 2.24) is 10.2 Å². The summed E-state index contributed by atoms with van der Waals surface area (Å²) in [5.74, 6) is -2.19. The monoisotopic (exact) mass is 703 g/mol. The molecule has 0 aliphatic rings. The number of carbonyl (C=O) groups is 2. The van der Waals surface area contributed by atoms with Gasteiger partial charge in [0.15, 0.2) is 0 Å². The zero-order valence-corrected chi connectivity index (χ0v) is 27.7. The van der Waals surface area contributed by atoms with Crippen molar-refractivity contribution in [2.75, 3.05) is 17.4 Å². The Kier molecular flexibility index (Phi) is 11.9. The highest BCUT2D eigenvalue weighted by Gasteiger charge is 2.37. The van der Waals surface area contributed by atoms with E-state index in [-0.39, 0.29) is 34.4 Å². The Morgan fingerprint density at radius 3 is 2.08 bits per heavy atom. The summed E-state index contributed by atoms with van der Waals surface area (Å²) in [6.45, 7) is 2.49. The third-order valence-electron chi connectivity index (χ3n) is 7.41. The number of amides is 2. The molecule has 0 radical (unpaired) electrons. The van der Waals surface area contributed by atoms with Crippen molar-refractivity contribution in [3.05, 3.63) is 131 Å². The summed E-state index contributed by atoms with van der Waals surface area (Å²) in [6, 6.07) is 22.0. The Labute approximate surface area is 282 Å². The predicted octanol–water partition coefficient (Wildman–Crippen LogP) is 7.11. The highest BCUT2D eigenvalue weighted by molar-refractivity contribution is 7.92. The van der Waals surface area contributed by atoms with Crippen molar-refractivity contribution < 1.29 is 35.6 Å². The quantitative estimate of drug-likeness (QED) is 0.151. The molecule has 0 bridgehead atoms. The molecule has 0 spiro atoms. The van der Waals surface area contributed by atoms with E-state index < -0.39 is 64.2 Å². The number of rotatable bonds is 13. The average Bonchev–Trinajstić information content (AvgIpc) is 3.05. The normalized spacial score (nSPS) is 12.4. The fourth-order valence-corrected chi connectivity index (χ4v) is 6.62. The third-order valence-corrected chi connectivity index (χ3v) is 9.50. The van der Waals surface area contributed by atoms with Crippen molar-refractivity contribution in [2.24, 2.45) is 5.92 Å². The molecule has 0 aliphatic carbocycles. The van der Waals surface area contributed by atoms with Crippen LogP contribution >= 0.6 is 11.6 Å². The standard InChI is InChI=1S/C35H34ClF4N3O4S/c1-24(2)21-41-34(45)32(19-25-11-5-3-6-12-25)42(22-26-13-9-10-16-30(26)37)33(44)23-43(48(46,47)28-14-7-4-8-15-28)31-20-27(35(38,39)40)17-18-29(31)36/h3-18,20,24,32H,19,21-23H2,1-2H3,(H,41,45). The first kappa shape index (κ1) is 36.4. The minimum Gasteiger partial charge on any atom is -0.354 e. The highest BCUT2D eigenvalue weighted by Crippen LogP contribution is 2.37. The van der Waals surface area contributed by atoms with Crippen LogP contribution in [0.15, 0.2) is 108 Å². The molecule has 4 aromatic rings. The second-order valence-corrected chi connectivity index (χ2v) is 13.7. The molecule has 254 valence electrons. The van der Waals surface area contributed by atoms with Crippen LogP contribution < -0.4 is 9.62 Å². The Morgan fingerprint density at radius 2 is 1.48 bits per heavy atom. The first-order valence-electron chi connectivity index (χ1n) is 15.0. The lowest BCUT2D eigenvalue weighted by molar-refractivity contribution is -0.140. The van der Waals surface area contributed by atoms with Crippen molar-refractivity contribution in [1.29, 1.82) is 0 Å². The highest BCUT2D eigenvalue weighted by atomic mass is 35.5. The lowest BCUT2D eigenvalue weighted by atomic mass is 10.0. The summed E-state index contributed by atoms with van der Waals surface area (Å²) in [6.07, 6.45) is -4.89. The van der Waals surface area contributed by atoms with Gasteiger partial charge in [-0.25, -0.2) is 12.8 Å². The molecule has 1 atom stereocenters. The molecular formula is C35H34ClF4N3O4S. The van der Waals surface area contributed by atoms with Gasteiger partial charge in [-0.2, -0.15) is 13.2 Å². The molecule has 0 aromatic heterocycles. The van der Waals surface area contributed by atoms with E-state index in [2.05, 4.69) is 5.32 Å². The zero-order chi connectivity index (χ0) is 35.1. The Morgan fingerprint density at radius 1 is 0.875 bits per heavy atom. The minimum absolute atomic E-state index is 0.0271. The first-order chi connectivity index (χ1) is 22.7. The molecule has 4 rings (SSSR count). The van der Waals surface area contributed by atoms with Crippen molar-refractivity contribution >= 4 is 39.1 Å². The van der Waals surface area contributed by atoms with Gasteiger partial charge in [0.25, 0.3) is 10.0 Å². The van der Waals surface area contributed by atoms with E-state index in [1.54, 1.807) is 42.5 Å². The van der Waals surface area contributed by atoms with Gasteiger partial charge in [-0.1, -0.05) is 92.2 Å². The zero-order valence-electron chi connectivity index (χ0n) is 26.1. The number of carbonyl (C=O) groups excluding carboxylic acids is 2. The number of nitrogens with zero attached hydrogens (tertiary/aromatic N) is 2. The van der Waals surface area contributed by atoms with Gasteiger partial charge in [0.1, 0.15) is 18.4 Å². The smallest absolute Gasteiger partial charge is 0.354 e. The second-order valence-electron chi connectivity index (χ2n) is 11.4. The summed E-state index contributed by atoms with van der Waals surface area (Å²) in [4.78, 5) is 29.0. The van der Waals surface area contributed by atoms with Gasteiger partial charge < -0.3 is 10.2 Å². The largest absolute Gasteiger partial charge is 0.416 e. The van der Waals surface area contributed by atoms with E-state index in [0.29, 0.717) is 22.0 Å². The maximum absolute atomic E-state index is 15.0. The average molecular weight is 704 g/mol. The maximum Gasteiger partial charge on any atom is 0.416 e. The molecule has 7 nitrogen and oxygen atoms in total. The van der Waals surface area contributed by atoms with Crippen molar-refractivity contribution in [3.8, 4) is 0 Å². The van der Waals surface area contributed by atoms with Crippen LogP contribution in [-0.4, -0.2) is 44.3 Å². The van der Waals surface area contributed by atoms with Gasteiger partial charge in [0.2, 0.25) is 11.8 Å². The molecule has 13 heteroatoms. The van der Waals surface area contributed by atoms with E-state index in [1.165, 1.54) is 42.5 Å². The minimum atomic E-state index is -4.86. The first-order valence-corrected chi connectivity index (χ1v) is 16.8. The number of hydrogen-bond donors (Lipinski definition) is 1. The fraction of sp³-hybridized carbons (Fsp3) is 0.257. The van der Waals surface area contributed by atoms with Crippen LogP contribution in [0.25, 0.3) is 0 Å². The lowest BCUT2D eigenvalue weighted by Crippen LogP contribution is -2.54. The van der Waals surface area contributed by atoms with Crippen LogP contribution in [-0.2, 0) is 38.8 Å². The fourth-order valence-electron chi connectivity index (χ4n) is 4.90. The van der Waals surface area contributed by atoms with E-state index in [0.717, 1.165) is 11.0 Å². The molecule has 0 aliphatic heterocycles. The second kappa shape index (κ2) is 15.7. The van der Waals surface area contributed by atoms with Gasteiger partial charge in [-0.05, 0) is 47.9 Å². The van der Waals surface area contributed by atoms with Gasteiger partial charge in [-0.3, -0.25) is 13.9 Å². The van der Waals surface area contributed by atoms with Gasteiger partial charge in [0, 0.05) is 25.1 Å². The van der Waals surface area contributed by atoms with Crippen LogP contribution in [0.4, 0.5) is 23.2 Å². The SMILES string of the molecule is CC(C)CNC(=O)C(Cc1ccccc1)N(Cc1ccccc1F)C(=O)CN(c1cc(C(F)(F)F)ccc1Cl)S(=O)(=O)c1ccccc1. The summed E-state index contributed by atoms with van der Waals surface area (Å²) >= 11 is 6.33.